The number of nitrogens with one attached hydrogen (secondary N) is 1. The van der Waals surface area contributed by atoms with Gasteiger partial charge in [0, 0.05) is 12.6 Å². The van der Waals surface area contributed by atoms with Crippen LogP contribution in [0.1, 0.15) is 25.8 Å². The highest BCUT2D eigenvalue weighted by atomic mass is 32.2. The summed E-state index contributed by atoms with van der Waals surface area (Å²) >= 11 is 1.86. The van der Waals surface area contributed by atoms with Gasteiger partial charge in [0.25, 0.3) is 0 Å². The molecule has 0 bridgehead atoms. The van der Waals surface area contributed by atoms with Crippen LogP contribution in [0.2, 0.25) is 0 Å². The van der Waals surface area contributed by atoms with Crippen molar-refractivity contribution in [3.05, 3.63) is 29.8 Å². The van der Waals surface area contributed by atoms with Gasteiger partial charge in [-0.3, -0.25) is 0 Å². The first-order valence-electron chi connectivity index (χ1n) is 6.16. The lowest BCUT2D eigenvalue weighted by molar-refractivity contribution is 0.318. The Morgan fingerprint density at radius 3 is 2.88 bits per heavy atom. The molecular weight excluding hydrogens is 230 g/mol. The summed E-state index contributed by atoms with van der Waals surface area (Å²) in [6, 6.07) is 8.85. The highest BCUT2D eigenvalue weighted by Gasteiger charge is 1.98. The lowest BCUT2D eigenvalue weighted by Gasteiger charge is -2.10. The number of ether oxygens (including phenoxy) is 1. The van der Waals surface area contributed by atoms with E-state index in [1.807, 2.05) is 17.8 Å². The summed E-state index contributed by atoms with van der Waals surface area (Å²) in [4.78, 5) is 0. The monoisotopic (exact) mass is 253 g/mol. The Morgan fingerprint density at radius 1 is 1.35 bits per heavy atom. The van der Waals surface area contributed by atoms with Gasteiger partial charge in [0.2, 0.25) is 0 Å². The van der Waals surface area contributed by atoms with Gasteiger partial charge in [-0.15, -0.1) is 0 Å². The van der Waals surface area contributed by atoms with Gasteiger partial charge >= 0.3 is 0 Å². The number of hydrogen-bond donors (Lipinski definition) is 1. The van der Waals surface area contributed by atoms with Crippen molar-refractivity contribution in [3.63, 3.8) is 0 Å². The van der Waals surface area contributed by atoms with Crippen molar-refractivity contribution < 1.29 is 4.74 Å². The van der Waals surface area contributed by atoms with Gasteiger partial charge < -0.3 is 10.1 Å². The normalized spacial score (nSPS) is 10.8. The first-order chi connectivity index (χ1) is 8.22. The molecule has 0 aliphatic rings. The number of thioether (sulfide) groups is 1. The summed E-state index contributed by atoms with van der Waals surface area (Å²) < 4.78 is 5.71. The molecule has 0 unspecified atom stereocenters. The van der Waals surface area contributed by atoms with Crippen LogP contribution >= 0.6 is 11.8 Å². The molecule has 0 aliphatic heterocycles. The Kier molecular flexibility index (Phi) is 7.13. The number of benzene rings is 1. The number of rotatable bonds is 8. The van der Waals surface area contributed by atoms with Crippen LogP contribution in [0, 0.1) is 0 Å². The maximum atomic E-state index is 5.71. The first-order valence-corrected chi connectivity index (χ1v) is 7.56. The standard InChI is InChI=1S/C14H23NOS/c1-12(2)15-11-13-6-4-7-14(10-13)16-8-5-9-17-3/h4,6-7,10,12,15H,5,8-9,11H2,1-3H3. The zero-order chi connectivity index (χ0) is 12.5. The van der Waals surface area contributed by atoms with Crippen molar-refractivity contribution in [2.45, 2.75) is 32.9 Å². The minimum atomic E-state index is 0.515. The summed E-state index contributed by atoms with van der Waals surface area (Å²) in [6.45, 7) is 6.02. The summed E-state index contributed by atoms with van der Waals surface area (Å²) in [5.74, 6) is 2.14. The average Bonchev–Trinajstić information content (AvgIpc) is 2.33. The summed E-state index contributed by atoms with van der Waals surface area (Å²) in [5.41, 5.74) is 1.28. The van der Waals surface area contributed by atoms with Gasteiger partial charge in [-0.25, -0.2) is 0 Å². The van der Waals surface area contributed by atoms with Crippen molar-refractivity contribution in [2.75, 3.05) is 18.6 Å². The van der Waals surface area contributed by atoms with Crippen LogP contribution in [0.25, 0.3) is 0 Å². The van der Waals surface area contributed by atoms with E-state index in [2.05, 4.69) is 43.6 Å². The zero-order valence-corrected chi connectivity index (χ0v) is 11.8. The van der Waals surface area contributed by atoms with Gasteiger partial charge in [-0.1, -0.05) is 26.0 Å². The third kappa shape index (κ3) is 6.59. The highest BCUT2D eigenvalue weighted by molar-refractivity contribution is 7.98. The summed E-state index contributed by atoms with van der Waals surface area (Å²) in [5, 5.41) is 3.41. The second-order valence-electron chi connectivity index (χ2n) is 4.38. The fraction of sp³-hybridized carbons (Fsp3) is 0.571. The molecule has 0 aliphatic carbocycles. The Hall–Kier alpha value is -0.670. The van der Waals surface area contributed by atoms with Crippen molar-refractivity contribution in [2.24, 2.45) is 0 Å². The quantitative estimate of drug-likeness (QED) is 0.718. The Labute approximate surface area is 109 Å². The fourth-order valence-electron chi connectivity index (χ4n) is 1.46. The van der Waals surface area contributed by atoms with Gasteiger partial charge in [0.05, 0.1) is 6.61 Å². The minimum absolute atomic E-state index is 0.515. The third-order valence-electron chi connectivity index (χ3n) is 2.37. The molecule has 1 aromatic carbocycles. The molecule has 0 atom stereocenters. The summed E-state index contributed by atoms with van der Waals surface area (Å²) in [7, 11) is 0. The second-order valence-corrected chi connectivity index (χ2v) is 5.36. The van der Waals surface area contributed by atoms with Gasteiger partial charge in [0.15, 0.2) is 0 Å². The summed E-state index contributed by atoms with van der Waals surface area (Å²) in [6.07, 6.45) is 3.23. The molecular formula is C14H23NOS. The largest absolute Gasteiger partial charge is 0.494 e. The Balaban J connectivity index is 2.37. The van der Waals surface area contributed by atoms with E-state index in [9.17, 15) is 0 Å². The topological polar surface area (TPSA) is 21.3 Å². The molecule has 17 heavy (non-hydrogen) atoms. The molecule has 1 N–H and O–H groups in total. The van der Waals surface area contributed by atoms with Gasteiger partial charge in [-0.2, -0.15) is 11.8 Å². The fourth-order valence-corrected chi connectivity index (χ4v) is 1.87. The minimum Gasteiger partial charge on any atom is -0.494 e. The van der Waals surface area contributed by atoms with Gasteiger partial charge in [-0.05, 0) is 36.1 Å². The van der Waals surface area contributed by atoms with Crippen LogP contribution in [-0.4, -0.2) is 24.7 Å². The molecule has 1 rings (SSSR count). The molecule has 0 aromatic heterocycles. The molecule has 0 amide bonds. The predicted molar refractivity (Wildman–Crippen MR) is 76.9 cm³/mol. The van der Waals surface area contributed by atoms with Crippen LogP contribution < -0.4 is 10.1 Å². The van der Waals surface area contributed by atoms with E-state index >= 15 is 0 Å². The first kappa shape index (κ1) is 14.4. The van der Waals surface area contributed by atoms with E-state index in [4.69, 9.17) is 4.74 Å². The van der Waals surface area contributed by atoms with Gasteiger partial charge in [0.1, 0.15) is 5.75 Å². The second kappa shape index (κ2) is 8.43. The van der Waals surface area contributed by atoms with E-state index in [1.165, 1.54) is 5.56 Å². The van der Waals surface area contributed by atoms with E-state index < -0.39 is 0 Å². The van der Waals surface area contributed by atoms with Crippen LogP contribution in [0.5, 0.6) is 5.75 Å². The van der Waals surface area contributed by atoms with Crippen LogP contribution in [0.4, 0.5) is 0 Å². The molecule has 96 valence electrons. The molecule has 0 fully saturated rings. The van der Waals surface area contributed by atoms with E-state index in [-0.39, 0.29) is 0 Å². The van der Waals surface area contributed by atoms with Crippen molar-refractivity contribution in [3.8, 4) is 5.75 Å². The molecule has 0 heterocycles. The average molecular weight is 253 g/mol. The van der Waals surface area contributed by atoms with E-state index in [1.54, 1.807) is 0 Å². The Bertz CT molecular complexity index is 315. The maximum Gasteiger partial charge on any atom is 0.119 e. The van der Waals surface area contributed by atoms with E-state index in [0.717, 1.165) is 31.1 Å². The maximum absolute atomic E-state index is 5.71. The number of hydrogen-bond acceptors (Lipinski definition) is 3. The Morgan fingerprint density at radius 2 is 2.18 bits per heavy atom. The van der Waals surface area contributed by atoms with Crippen LogP contribution in [0.15, 0.2) is 24.3 Å². The van der Waals surface area contributed by atoms with Crippen molar-refractivity contribution in [1.82, 2.24) is 5.32 Å². The molecule has 1 aromatic rings. The molecule has 0 saturated carbocycles. The predicted octanol–water partition coefficient (Wildman–Crippen LogP) is 3.32. The SMILES string of the molecule is CSCCCOc1cccc(CNC(C)C)c1. The molecule has 0 saturated heterocycles. The highest BCUT2D eigenvalue weighted by Crippen LogP contribution is 2.13. The molecule has 0 radical (unpaired) electrons. The lowest BCUT2D eigenvalue weighted by Crippen LogP contribution is -2.21. The third-order valence-corrected chi connectivity index (χ3v) is 3.07. The molecule has 0 spiro atoms. The smallest absolute Gasteiger partial charge is 0.119 e. The van der Waals surface area contributed by atoms with Crippen LogP contribution in [0.3, 0.4) is 0 Å². The van der Waals surface area contributed by atoms with E-state index in [0.29, 0.717) is 6.04 Å². The molecule has 3 heteroatoms. The lowest BCUT2D eigenvalue weighted by atomic mass is 10.2. The van der Waals surface area contributed by atoms with Crippen molar-refractivity contribution in [1.29, 1.82) is 0 Å². The molecule has 2 nitrogen and oxygen atoms in total. The van der Waals surface area contributed by atoms with Crippen LogP contribution in [-0.2, 0) is 6.54 Å². The van der Waals surface area contributed by atoms with Crippen molar-refractivity contribution >= 4 is 11.8 Å². The zero-order valence-electron chi connectivity index (χ0n) is 11.0.